The molecule has 17 heavy (non-hydrogen) atoms. The Bertz CT molecular complexity index is 467. The van der Waals surface area contributed by atoms with E-state index in [0.29, 0.717) is 5.95 Å². The van der Waals surface area contributed by atoms with Gasteiger partial charge in [0.1, 0.15) is 11.6 Å². The smallest absolute Gasteiger partial charge is 0.224 e. The zero-order valence-electron chi connectivity index (χ0n) is 10.0. The molecule has 2 aromatic rings. The van der Waals surface area contributed by atoms with Gasteiger partial charge in [0.2, 0.25) is 5.95 Å². The third kappa shape index (κ3) is 2.96. The molecular weight excluding hydrogens is 216 g/mol. The summed E-state index contributed by atoms with van der Waals surface area (Å²) in [6.07, 6.45) is 4.32. The van der Waals surface area contributed by atoms with E-state index in [1.165, 1.54) is 0 Å². The van der Waals surface area contributed by atoms with E-state index in [-0.39, 0.29) is 0 Å². The summed E-state index contributed by atoms with van der Waals surface area (Å²) in [5.41, 5.74) is 1.03. The number of anilines is 2. The number of nitrogens with zero attached hydrogens (tertiary/aromatic N) is 2. The van der Waals surface area contributed by atoms with Gasteiger partial charge in [-0.15, -0.1) is 0 Å². The first-order chi connectivity index (χ1) is 8.29. The lowest BCUT2D eigenvalue weighted by molar-refractivity contribution is 0.513. The highest BCUT2D eigenvalue weighted by molar-refractivity contribution is 5.46. The first kappa shape index (κ1) is 11.4. The van der Waals surface area contributed by atoms with Crippen LogP contribution in [-0.4, -0.2) is 23.6 Å². The Morgan fingerprint density at radius 3 is 3.00 bits per heavy atom. The van der Waals surface area contributed by atoms with Gasteiger partial charge in [0, 0.05) is 31.8 Å². The van der Waals surface area contributed by atoms with Crippen molar-refractivity contribution in [3.8, 4) is 0 Å². The van der Waals surface area contributed by atoms with Crippen molar-refractivity contribution in [3.05, 3.63) is 35.9 Å². The van der Waals surface area contributed by atoms with Crippen LogP contribution in [-0.2, 0) is 6.42 Å². The van der Waals surface area contributed by atoms with Crippen molar-refractivity contribution in [2.45, 2.75) is 13.3 Å². The lowest BCUT2D eigenvalue weighted by Crippen LogP contribution is -2.09. The van der Waals surface area contributed by atoms with Crippen molar-refractivity contribution >= 4 is 11.8 Å². The van der Waals surface area contributed by atoms with Crippen molar-refractivity contribution in [3.63, 3.8) is 0 Å². The second kappa shape index (κ2) is 5.34. The summed E-state index contributed by atoms with van der Waals surface area (Å²) in [5, 5.41) is 6.19. The molecule has 2 aromatic heterocycles. The highest BCUT2D eigenvalue weighted by atomic mass is 16.3. The fourth-order valence-electron chi connectivity index (χ4n) is 1.50. The van der Waals surface area contributed by atoms with Crippen LogP contribution in [0.15, 0.2) is 29.0 Å². The monoisotopic (exact) mass is 232 g/mol. The standard InChI is InChI=1S/C12H16N4O/c1-9-8-15-12(13-2)16-11(9)14-6-5-10-4-3-7-17-10/h3-4,7-8H,5-6H2,1-2H3,(H2,13,14,15,16). The third-order valence-electron chi connectivity index (χ3n) is 2.44. The minimum absolute atomic E-state index is 0.621. The molecule has 2 N–H and O–H groups in total. The first-order valence-electron chi connectivity index (χ1n) is 5.57. The van der Waals surface area contributed by atoms with E-state index >= 15 is 0 Å². The van der Waals surface area contributed by atoms with Crippen molar-refractivity contribution < 1.29 is 4.42 Å². The van der Waals surface area contributed by atoms with E-state index < -0.39 is 0 Å². The highest BCUT2D eigenvalue weighted by Crippen LogP contribution is 2.12. The van der Waals surface area contributed by atoms with Crippen LogP contribution in [0.1, 0.15) is 11.3 Å². The Kier molecular flexibility index (Phi) is 3.59. The topological polar surface area (TPSA) is 63.0 Å². The molecule has 0 atom stereocenters. The SMILES string of the molecule is CNc1ncc(C)c(NCCc2ccco2)n1. The molecule has 5 nitrogen and oxygen atoms in total. The lowest BCUT2D eigenvalue weighted by Gasteiger charge is -2.08. The molecule has 0 fully saturated rings. The van der Waals surface area contributed by atoms with Gasteiger partial charge in [-0.25, -0.2) is 4.98 Å². The number of rotatable bonds is 5. The molecule has 2 heterocycles. The second-order valence-electron chi connectivity index (χ2n) is 3.73. The minimum Gasteiger partial charge on any atom is -0.469 e. The number of furan rings is 1. The number of aromatic nitrogens is 2. The molecule has 90 valence electrons. The summed E-state index contributed by atoms with van der Waals surface area (Å²) >= 11 is 0. The van der Waals surface area contributed by atoms with Crippen LogP contribution in [0, 0.1) is 6.92 Å². The van der Waals surface area contributed by atoms with Crippen LogP contribution in [0.4, 0.5) is 11.8 Å². The average molecular weight is 232 g/mol. The maximum atomic E-state index is 5.26. The Labute approximate surface area is 100 Å². The van der Waals surface area contributed by atoms with Crippen molar-refractivity contribution in [2.75, 3.05) is 24.2 Å². The van der Waals surface area contributed by atoms with Crippen molar-refractivity contribution in [2.24, 2.45) is 0 Å². The van der Waals surface area contributed by atoms with Crippen LogP contribution >= 0.6 is 0 Å². The molecule has 2 rings (SSSR count). The van der Waals surface area contributed by atoms with Gasteiger partial charge in [-0.05, 0) is 19.1 Å². The Morgan fingerprint density at radius 1 is 1.41 bits per heavy atom. The normalized spacial score (nSPS) is 10.2. The van der Waals surface area contributed by atoms with E-state index in [2.05, 4.69) is 20.6 Å². The Morgan fingerprint density at radius 2 is 2.29 bits per heavy atom. The quantitative estimate of drug-likeness (QED) is 0.826. The summed E-state index contributed by atoms with van der Waals surface area (Å²) in [6, 6.07) is 3.86. The van der Waals surface area contributed by atoms with Gasteiger partial charge in [0.15, 0.2) is 0 Å². The van der Waals surface area contributed by atoms with Crippen LogP contribution < -0.4 is 10.6 Å². The number of hydrogen-bond acceptors (Lipinski definition) is 5. The summed E-state index contributed by atoms with van der Waals surface area (Å²) < 4.78 is 5.26. The summed E-state index contributed by atoms with van der Waals surface area (Å²) in [4.78, 5) is 8.48. The predicted octanol–water partition coefficient (Wildman–Crippen LogP) is 2.07. The molecule has 0 amide bonds. The molecule has 0 aliphatic carbocycles. The van der Waals surface area contributed by atoms with Gasteiger partial charge in [0.05, 0.1) is 6.26 Å². The molecule has 0 saturated heterocycles. The van der Waals surface area contributed by atoms with Gasteiger partial charge in [-0.3, -0.25) is 0 Å². The van der Waals surface area contributed by atoms with Gasteiger partial charge >= 0.3 is 0 Å². The molecule has 0 aliphatic rings. The van der Waals surface area contributed by atoms with E-state index in [9.17, 15) is 0 Å². The molecule has 0 spiro atoms. The highest BCUT2D eigenvalue weighted by Gasteiger charge is 2.02. The van der Waals surface area contributed by atoms with Gasteiger partial charge < -0.3 is 15.1 Å². The molecule has 0 unspecified atom stereocenters. The minimum atomic E-state index is 0.621. The van der Waals surface area contributed by atoms with E-state index in [4.69, 9.17) is 4.42 Å². The molecule has 0 bridgehead atoms. The van der Waals surface area contributed by atoms with Crippen LogP contribution in [0.3, 0.4) is 0 Å². The van der Waals surface area contributed by atoms with Crippen LogP contribution in [0.25, 0.3) is 0 Å². The molecule has 0 saturated carbocycles. The predicted molar refractivity (Wildman–Crippen MR) is 67.2 cm³/mol. The number of hydrogen-bond donors (Lipinski definition) is 2. The Hall–Kier alpha value is -2.04. The Balaban J connectivity index is 1.94. The van der Waals surface area contributed by atoms with Crippen LogP contribution in [0.2, 0.25) is 0 Å². The van der Waals surface area contributed by atoms with Crippen molar-refractivity contribution in [1.29, 1.82) is 0 Å². The van der Waals surface area contributed by atoms with Crippen LogP contribution in [0.5, 0.6) is 0 Å². The largest absolute Gasteiger partial charge is 0.469 e. The van der Waals surface area contributed by atoms with Crippen molar-refractivity contribution in [1.82, 2.24) is 9.97 Å². The van der Waals surface area contributed by atoms with E-state index in [0.717, 1.165) is 30.1 Å². The second-order valence-corrected chi connectivity index (χ2v) is 3.73. The summed E-state index contributed by atoms with van der Waals surface area (Å²) in [7, 11) is 1.80. The average Bonchev–Trinajstić information content (AvgIpc) is 2.84. The van der Waals surface area contributed by atoms with Gasteiger partial charge in [-0.2, -0.15) is 4.98 Å². The molecule has 5 heteroatoms. The molecule has 0 aromatic carbocycles. The fraction of sp³-hybridized carbons (Fsp3) is 0.333. The summed E-state index contributed by atoms with van der Waals surface area (Å²) in [5.74, 6) is 2.45. The fourth-order valence-corrected chi connectivity index (χ4v) is 1.50. The zero-order valence-corrected chi connectivity index (χ0v) is 10.0. The summed E-state index contributed by atoms with van der Waals surface area (Å²) in [6.45, 7) is 2.77. The van der Waals surface area contributed by atoms with Gasteiger partial charge in [-0.1, -0.05) is 0 Å². The zero-order chi connectivity index (χ0) is 12.1. The first-order valence-corrected chi connectivity index (χ1v) is 5.57. The molecular formula is C12H16N4O. The molecule has 0 radical (unpaired) electrons. The maximum absolute atomic E-state index is 5.26. The van der Waals surface area contributed by atoms with Gasteiger partial charge in [0.25, 0.3) is 0 Å². The van der Waals surface area contributed by atoms with E-state index in [1.54, 1.807) is 19.5 Å². The number of aryl methyl sites for hydroxylation is 1. The molecule has 0 aliphatic heterocycles. The maximum Gasteiger partial charge on any atom is 0.224 e. The van der Waals surface area contributed by atoms with E-state index in [1.807, 2.05) is 19.1 Å². The third-order valence-corrected chi connectivity index (χ3v) is 2.44. The lowest BCUT2D eigenvalue weighted by atomic mass is 10.3. The number of nitrogens with one attached hydrogen (secondary N) is 2.